The third-order valence-electron chi connectivity index (χ3n) is 3.02. The third kappa shape index (κ3) is 5.89. The topological polar surface area (TPSA) is 55.5 Å². The lowest BCUT2D eigenvalue weighted by Crippen LogP contribution is -2.26. The molecule has 0 heterocycles. The molecule has 0 unspecified atom stereocenters. The normalized spacial score (nSPS) is 15.1. The molecule has 0 saturated carbocycles. The highest BCUT2D eigenvalue weighted by Gasteiger charge is 2.32. The second kappa shape index (κ2) is 7.09. The van der Waals surface area contributed by atoms with Crippen molar-refractivity contribution in [2.45, 2.75) is 45.2 Å². The van der Waals surface area contributed by atoms with E-state index < -0.39 is 30.1 Å². The molecule has 7 heteroatoms. The van der Waals surface area contributed by atoms with Gasteiger partial charge < -0.3 is 15.6 Å². The van der Waals surface area contributed by atoms with Gasteiger partial charge >= 0.3 is 6.36 Å². The van der Waals surface area contributed by atoms with Crippen molar-refractivity contribution in [2.75, 3.05) is 0 Å². The fourth-order valence-electron chi connectivity index (χ4n) is 1.84. The maximum absolute atomic E-state index is 13.6. The van der Waals surface area contributed by atoms with Gasteiger partial charge in [-0.05, 0) is 36.5 Å². The highest BCUT2D eigenvalue weighted by atomic mass is 19.4. The molecule has 0 saturated heterocycles. The van der Waals surface area contributed by atoms with Crippen LogP contribution in [0.15, 0.2) is 18.2 Å². The number of hydrogen-bond donors (Lipinski definition) is 2. The Morgan fingerprint density at radius 2 is 1.86 bits per heavy atom. The number of hydrogen-bond acceptors (Lipinski definition) is 3. The molecule has 0 aromatic heterocycles. The zero-order chi connectivity index (χ0) is 16.2. The van der Waals surface area contributed by atoms with Gasteiger partial charge in [-0.1, -0.05) is 19.9 Å². The van der Waals surface area contributed by atoms with Crippen LogP contribution in [0, 0.1) is 11.7 Å². The molecule has 120 valence electrons. The summed E-state index contributed by atoms with van der Waals surface area (Å²) in [6.45, 7) is 3.97. The first-order chi connectivity index (χ1) is 9.60. The van der Waals surface area contributed by atoms with Gasteiger partial charge in [-0.15, -0.1) is 13.2 Å². The summed E-state index contributed by atoms with van der Waals surface area (Å²) in [5, 5.41) is 9.91. The van der Waals surface area contributed by atoms with E-state index in [4.69, 9.17) is 5.73 Å². The number of aliphatic hydroxyl groups excluding tert-OH is 1. The first-order valence-electron chi connectivity index (χ1n) is 6.59. The van der Waals surface area contributed by atoms with E-state index >= 15 is 0 Å². The van der Waals surface area contributed by atoms with Crippen LogP contribution >= 0.6 is 0 Å². The number of alkyl halides is 3. The number of ether oxygens (including phenoxy) is 1. The van der Waals surface area contributed by atoms with Gasteiger partial charge in [0.1, 0.15) is 0 Å². The Bertz CT molecular complexity index is 463. The van der Waals surface area contributed by atoms with Crippen LogP contribution in [0.1, 0.15) is 38.3 Å². The quantitative estimate of drug-likeness (QED) is 0.791. The van der Waals surface area contributed by atoms with E-state index in [1.54, 1.807) is 0 Å². The molecule has 2 atom stereocenters. The van der Waals surface area contributed by atoms with Crippen LogP contribution in [-0.2, 0) is 0 Å². The van der Waals surface area contributed by atoms with Crippen molar-refractivity contribution in [3.05, 3.63) is 29.6 Å². The summed E-state index contributed by atoms with van der Waals surface area (Å²) in [6, 6.07) is 2.06. The summed E-state index contributed by atoms with van der Waals surface area (Å²) >= 11 is 0. The van der Waals surface area contributed by atoms with E-state index in [1.807, 2.05) is 13.8 Å². The highest BCUT2D eigenvalue weighted by Crippen LogP contribution is 2.28. The summed E-state index contributed by atoms with van der Waals surface area (Å²) in [5.74, 6) is -1.71. The Morgan fingerprint density at radius 3 is 2.33 bits per heavy atom. The average Bonchev–Trinajstić information content (AvgIpc) is 2.36. The lowest BCUT2D eigenvalue weighted by atomic mass is 9.96. The Hall–Kier alpha value is -1.34. The Morgan fingerprint density at radius 1 is 1.24 bits per heavy atom. The summed E-state index contributed by atoms with van der Waals surface area (Å²) in [5.41, 5.74) is 6.01. The van der Waals surface area contributed by atoms with Crippen molar-refractivity contribution in [3.63, 3.8) is 0 Å². The van der Waals surface area contributed by atoms with Crippen molar-refractivity contribution in [1.82, 2.24) is 0 Å². The predicted molar refractivity (Wildman–Crippen MR) is 70.1 cm³/mol. The SMILES string of the molecule is CC(C)CC[C@@H](O)[C@@H](N)c1ccc(OC(F)(F)F)c(F)c1. The van der Waals surface area contributed by atoms with Crippen LogP contribution in [0.2, 0.25) is 0 Å². The molecule has 0 amide bonds. The van der Waals surface area contributed by atoms with Crippen molar-refractivity contribution < 1.29 is 27.4 Å². The van der Waals surface area contributed by atoms with Crippen molar-refractivity contribution in [1.29, 1.82) is 0 Å². The summed E-state index contributed by atoms with van der Waals surface area (Å²) in [7, 11) is 0. The van der Waals surface area contributed by atoms with E-state index in [-0.39, 0.29) is 5.56 Å². The maximum Gasteiger partial charge on any atom is 0.573 e. The zero-order valence-electron chi connectivity index (χ0n) is 11.8. The molecular weight excluding hydrogens is 290 g/mol. The van der Waals surface area contributed by atoms with Crippen LogP contribution in [0.25, 0.3) is 0 Å². The summed E-state index contributed by atoms with van der Waals surface area (Å²) in [4.78, 5) is 0. The van der Waals surface area contributed by atoms with E-state index in [9.17, 15) is 22.7 Å². The van der Waals surface area contributed by atoms with Crippen LogP contribution in [0.5, 0.6) is 5.75 Å². The maximum atomic E-state index is 13.6. The standard InChI is InChI=1S/C14H19F4NO2/c1-8(2)3-5-11(20)13(19)9-4-6-12(10(15)7-9)21-14(16,17)18/h4,6-8,11,13,20H,3,5,19H2,1-2H3/t11-,13+/m1/s1. The number of nitrogens with two attached hydrogens (primary N) is 1. The lowest BCUT2D eigenvalue weighted by Gasteiger charge is -2.20. The molecule has 0 fully saturated rings. The third-order valence-corrected chi connectivity index (χ3v) is 3.02. The number of rotatable bonds is 6. The molecular formula is C14H19F4NO2. The summed E-state index contributed by atoms with van der Waals surface area (Å²) < 4.78 is 53.2. The number of benzene rings is 1. The van der Waals surface area contributed by atoms with E-state index in [1.165, 1.54) is 6.07 Å². The fraction of sp³-hybridized carbons (Fsp3) is 0.571. The molecule has 3 nitrogen and oxygen atoms in total. The smallest absolute Gasteiger partial charge is 0.403 e. The molecule has 0 aliphatic rings. The molecule has 3 N–H and O–H groups in total. The lowest BCUT2D eigenvalue weighted by molar-refractivity contribution is -0.275. The largest absolute Gasteiger partial charge is 0.573 e. The monoisotopic (exact) mass is 309 g/mol. The second-order valence-electron chi connectivity index (χ2n) is 5.30. The molecule has 0 radical (unpaired) electrons. The molecule has 0 spiro atoms. The van der Waals surface area contributed by atoms with Gasteiger partial charge in [0.05, 0.1) is 12.1 Å². The molecule has 1 aromatic carbocycles. The minimum Gasteiger partial charge on any atom is -0.403 e. The van der Waals surface area contributed by atoms with Crippen molar-refractivity contribution in [3.8, 4) is 5.75 Å². The number of aliphatic hydroxyl groups is 1. The second-order valence-corrected chi connectivity index (χ2v) is 5.30. The highest BCUT2D eigenvalue weighted by molar-refractivity contribution is 5.31. The minimum absolute atomic E-state index is 0.221. The van der Waals surface area contributed by atoms with E-state index in [0.717, 1.165) is 18.6 Å². The summed E-state index contributed by atoms with van der Waals surface area (Å²) in [6.07, 6.45) is -4.67. The van der Waals surface area contributed by atoms with Gasteiger partial charge in [0, 0.05) is 0 Å². The number of halogens is 4. The molecule has 21 heavy (non-hydrogen) atoms. The van der Waals surface area contributed by atoms with Crippen LogP contribution in [0.4, 0.5) is 17.6 Å². The van der Waals surface area contributed by atoms with Gasteiger partial charge in [-0.2, -0.15) is 0 Å². The Kier molecular flexibility index (Phi) is 5.98. The van der Waals surface area contributed by atoms with Crippen LogP contribution in [-0.4, -0.2) is 17.6 Å². The molecule has 0 aliphatic heterocycles. The Labute approximate surface area is 120 Å². The van der Waals surface area contributed by atoms with Gasteiger partial charge in [0.25, 0.3) is 0 Å². The van der Waals surface area contributed by atoms with Crippen LogP contribution < -0.4 is 10.5 Å². The molecule has 1 aromatic rings. The molecule has 1 rings (SSSR count). The fourth-order valence-corrected chi connectivity index (χ4v) is 1.84. The van der Waals surface area contributed by atoms with E-state index in [2.05, 4.69) is 4.74 Å². The van der Waals surface area contributed by atoms with Crippen LogP contribution in [0.3, 0.4) is 0 Å². The van der Waals surface area contributed by atoms with Gasteiger partial charge in [0.2, 0.25) is 0 Å². The first-order valence-corrected chi connectivity index (χ1v) is 6.59. The average molecular weight is 309 g/mol. The minimum atomic E-state index is -4.96. The van der Waals surface area contributed by atoms with Crippen molar-refractivity contribution in [2.24, 2.45) is 11.7 Å². The Balaban J connectivity index is 2.78. The zero-order valence-corrected chi connectivity index (χ0v) is 11.8. The molecule has 0 bridgehead atoms. The predicted octanol–water partition coefficient (Wildman–Crippen LogP) is 3.52. The van der Waals surface area contributed by atoms with Gasteiger partial charge in [-0.3, -0.25) is 0 Å². The first kappa shape index (κ1) is 17.7. The molecule has 0 aliphatic carbocycles. The van der Waals surface area contributed by atoms with Gasteiger partial charge in [0.15, 0.2) is 11.6 Å². The van der Waals surface area contributed by atoms with Crippen molar-refractivity contribution >= 4 is 0 Å². The van der Waals surface area contributed by atoms with Gasteiger partial charge in [-0.25, -0.2) is 4.39 Å². The van der Waals surface area contributed by atoms with E-state index in [0.29, 0.717) is 12.3 Å².